The van der Waals surface area contributed by atoms with Crippen LogP contribution in [0.2, 0.25) is 0 Å². The van der Waals surface area contributed by atoms with Crippen molar-refractivity contribution in [2.75, 3.05) is 13.1 Å². The van der Waals surface area contributed by atoms with E-state index in [1.54, 1.807) is 6.20 Å². The van der Waals surface area contributed by atoms with Gasteiger partial charge in [0.1, 0.15) is 0 Å². The van der Waals surface area contributed by atoms with Gasteiger partial charge in [-0.3, -0.25) is 9.69 Å². The SMILES string of the molecule is CCCC1(C(=O)O)CCN(Cc2ccno2)C1. The van der Waals surface area contributed by atoms with Crippen molar-refractivity contribution in [3.8, 4) is 0 Å². The predicted molar refractivity (Wildman–Crippen MR) is 61.4 cm³/mol. The molecule has 1 saturated heterocycles. The molecule has 1 aromatic heterocycles. The minimum Gasteiger partial charge on any atom is -0.481 e. The van der Waals surface area contributed by atoms with Crippen LogP contribution in [0.4, 0.5) is 0 Å². The third-order valence-electron chi connectivity index (χ3n) is 3.49. The second-order valence-electron chi connectivity index (χ2n) is 4.77. The van der Waals surface area contributed by atoms with Crippen LogP contribution in [-0.2, 0) is 11.3 Å². The van der Waals surface area contributed by atoms with Crippen LogP contribution < -0.4 is 0 Å². The first kappa shape index (κ1) is 12.1. The first-order chi connectivity index (χ1) is 8.16. The smallest absolute Gasteiger partial charge is 0.310 e. The fraction of sp³-hybridized carbons (Fsp3) is 0.667. The van der Waals surface area contributed by atoms with E-state index in [9.17, 15) is 9.90 Å². The molecule has 1 aliphatic rings. The summed E-state index contributed by atoms with van der Waals surface area (Å²) in [6.45, 7) is 4.10. The van der Waals surface area contributed by atoms with Gasteiger partial charge >= 0.3 is 5.97 Å². The van der Waals surface area contributed by atoms with Crippen LogP contribution in [-0.4, -0.2) is 34.2 Å². The molecule has 2 heterocycles. The Bertz CT molecular complexity index is 377. The third-order valence-corrected chi connectivity index (χ3v) is 3.49. The van der Waals surface area contributed by atoms with E-state index < -0.39 is 11.4 Å². The molecule has 1 aliphatic heterocycles. The average Bonchev–Trinajstić information content (AvgIpc) is 2.90. The molecule has 1 N–H and O–H groups in total. The highest BCUT2D eigenvalue weighted by molar-refractivity contribution is 5.75. The van der Waals surface area contributed by atoms with Crippen LogP contribution in [0.3, 0.4) is 0 Å². The molecule has 1 atom stereocenters. The van der Waals surface area contributed by atoms with Crippen molar-refractivity contribution >= 4 is 5.97 Å². The van der Waals surface area contributed by atoms with Gasteiger partial charge in [-0.15, -0.1) is 0 Å². The van der Waals surface area contributed by atoms with E-state index in [2.05, 4.69) is 10.1 Å². The molecule has 0 radical (unpaired) electrons. The molecule has 5 nitrogen and oxygen atoms in total. The fourth-order valence-corrected chi connectivity index (χ4v) is 2.60. The molecular formula is C12H18N2O3. The van der Waals surface area contributed by atoms with Crippen molar-refractivity contribution in [3.05, 3.63) is 18.0 Å². The van der Waals surface area contributed by atoms with Gasteiger partial charge in [0.05, 0.1) is 18.2 Å². The molecule has 1 unspecified atom stereocenters. The van der Waals surface area contributed by atoms with Crippen LogP contribution in [0.25, 0.3) is 0 Å². The van der Waals surface area contributed by atoms with Crippen LogP contribution in [0.1, 0.15) is 31.9 Å². The Morgan fingerprint density at radius 1 is 1.71 bits per heavy atom. The van der Waals surface area contributed by atoms with Gasteiger partial charge in [-0.1, -0.05) is 18.5 Å². The quantitative estimate of drug-likeness (QED) is 0.846. The lowest BCUT2D eigenvalue weighted by Crippen LogP contribution is -2.34. The maximum Gasteiger partial charge on any atom is 0.310 e. The van der Waals surface area contributed by atoms with Crippen molar-refractivity contribution in [2.24, 2.45) is 5.41 Å². The lowest BCUT2D eigenvalue weighted by Gasteiger charge is -2.23. The van der Waals surface area contributed by atoms with Gasteiger partial charge in [-0.2, -0.15) is 0 Å². The number of carboxylic acids is 1. The number of carbonyl (C=O) groups is 1. The summed E-state index contributed by atoms with van der Waals surface area (Å²) < 4.78 is 5.04. The van der Waals surface area contributed by atoms with Gasteiger partial charge in [-0.25, -0.2) is 0 Å². The second kappa shape index (κ2) is 4.87. The Kier molecular flexibility index (Phi) is 3.47. The van der Waals surface area contributed by atoms with Crippen molar-refractivity contribution in [2.45, 2.75) is 32.7 Å². The molecule has 94 valence electrons. The Labute approximate surface area is 100 Å². The standard InChI is InChI=1S/C12H18N2O3/c1-2-4-12(11(15)16)5-7-14(9-12)8-10-3-6-13-17-10/h3,6H,2,4-5,7-9H2,1H3,(H,15,16). The molecule has 0 saturated carbocycles. The molecule has 1 fully saturated rings. The fourth-order valence-electron chi connectivity index (χ4n) is 2.60. The minimum atomic E-state index is -0.667. The lowest BCUT2D eigenvalue weighted by molar-refractivity contribution is -0.148. The van der Waals surface area contributed by atoms with Crippen LogP contribution in [0, 0.1) is 5.41 Å². The largest absolute Gasteiger partial charge is 0.481 e. The van der Waals surface area contributed by atoms with E-state index >= 15 is 0 Å². The summed E-state index contributed by atoms with van der Waals surface area (Å²) >= 11 is 0. The van der Waals surface area contributed by atoms with E-state index in [4.69, 9.17) is 4.52 Å². The number of nitrogens with zero attached hydrogens (tertiary/aromatic N) is 2. The molecular weight excluding hydrogens is 220 g/mol. The Balaban J connectivity index is 1.99. The third kappa shape index (κ3) is 2.49. The molecule has 1 aromatic rings. The topological polar surface area (TPSA) is 66.6 Å². The van der Waals surface area contributed by atoms with Crippen LogP contribution in [0.5, 0.6) is 0 Å². The minimum absolute atomic E-state index is 0.561. The molecule has 0 amide bonds. The zero-order valence-corrected chi connectivity index (χ0v) is 10.1. The van der Waals surface area contributed by atoms with Crippen molar-refractivity contribution in [1.29, 1.82) is 0 Å². The van der Waals surface area contributed by atoms with E-state index in [1.807, 2.05) is 13.0 Å². The van der Waals surface area contributed by atoms with Crippen molar-refractivity contribution in [1.82, 2.24) is 10.1 Å². The highest BCUT2D eigenvalue weighted by Gasteiger charge is 2.43. The molecule has 17 heavy (non-hydrogen) atoms. The summed E-state index contributed by atoms with van der Waals surface area (Å²) in [5, 5.41) is 13.0. The Morgan fingerprint density at radius 2 is 2.53 bits per heavy atom. The first-order valence-electron chi connectivity index (χ1n) is 6.01. The van der Waals surface area contributed by atoms with E-state index in [0.717, 1.165) is 31.6 Å². The predicted octanol–water partition coefficient (Wildman–Crippen LogP) is 1.75. The van der Waals surface area contributed by atoms with Crippen molar-refractivity contribution < 1.29 is 14.4 Å². The zero-order valence-electron chi connectivity index (χ0n) is 10.1. The molecule has 0 spiro atoms. The van der Waals surface area contributed by atoms with Crippen molar-refractivity contribution in [3.63, 3.8) is 0 Å². The number of likely N-dealkylation sites (tertiary alicyclic amines) is 1. The van der Waals surface area contributed by atoms with Gasteiger partial charge in [-0.05, 0) is 19.4 Å². The number of carboxylic acid groups (broad SMARTS) is 1. The summed E-state index contributed by atoms with van der Waals surface area (Å²) in [6.07, 6.45) is 3.99. The highest BCUT2D eigenvalue weighted by Crippen LogP contribution is 2.36. The number of aliphatic carboxylic acids is 1. The zero-order chi connectivity index (χ0) is 12.3. The molecule has 0 aromatic carbocycles. The maximum absolute atomic E-state index is 11.4. The number of hydrogen-bond donors (Lipinski definition) is 1. The highest BCUT2D eigenvalue weighted by atomic mass is 16.5. The second-order valence-corrected chi connectivity index (χ2v) is 4.77. The van der Waals surface area contributed by atoms with E-state index in [0.29, 0.717) is 13.1 Å². The van der Waals surface area contributed by atoms with Gasteiger partial charge in [0.2, 0.25) is 0 Å². The van der Waals surface area contributed by atoms with Gasteiger partial charge in [0, 0.05) is 12.6 Å². The molecule has 0 bridgehead atoms. The molecule has 5 heteroatoms. The van der Waals surface area contributed by atoms with E-state index in [-0.39, 0.29) is 0 Å². The number of aromatic nitrogens is 1. The summed E-state index contributed by atoms with van der Waals surface area (Å²) in [4.78, 5) is 13.5. The average molecular weight is 238 g/mol. The molecule has 2 rings (SSSR count). The number of hydrogen-bond acceptors (Lipinski definition) is 4. The summed E-state index contributed by atoms with van der Waals surface area (Å²) in [5.74, 6) is 0.127. The maximum atomic E-state index is 11.4. The van der Waals surface area contributed by atoms with Crippen LogP contribution >= 0.6 is 0 Å². The summed E-state index contributed by atoms with van der Waals surface area (Å²) in [5.41, 5.74) is -0.561. The number of rotatable bonds is 5. The normalized spacial score (nSPS) is 25.2. The Morgan fingerprint density at radius 3 is 3.12 bits per heavy atom. The van der Waals surface area contributed by atoms with E-state index in [1.165, 1.54) is 0 Å². The first-order valence-corrected chi connectivity index (χ1v) is 6.01. The summed E-state index contributed by atoms with van der Waals surface area (Å²) in [6, 6.07) is 1.82. The summed E-state index contributed by atoms with van der Waals surface area (Å²) in [7, 11) is 0. The Hall–Kier alpha value is -1.36. The van der Waals surface area contributed by atoms with Crippen LogP contribution in [0.15, 0.2) is 16.8 Å². The molecule has 0 aliphatic carbocycles. The van der Waals surface area contributed by atoms with Gasteiger partial charge in [0.25, 0.3) is 0 Å². The monoisotopic (exact) mass is 238 g/mol. The lowest BCUT2D eigenvalue weighted by atomic mass is 9.83. The van der Waals surface area contributed by atoms with Gasteiger partial charge in [0.15, 0.2) is 5.76 Å². The van der Waals surface area contributed by atoms with Gasteiger partial charge < -0.3 is 9.63 Å².